The molecule has 1 aliphatic carbocycles. The summed E-state index contributed by atoms with van der Waals surface area (Å²) in [6, 6.07) is 10.2. The smallest absolute Gasteiger partial charge is 0.259 e. The zero-order valence-electron chi connectivity index (χ0n) is 14.0. The average molecular weight is 338 g/mol. The number of aryl methyl sites for hydroxylation is 1. The second-order valence-corrected chi connectivity index (χ2v) is 6.61. The van der Waals surface area contributed by atoms with E-state index in [4.69, 9.17) is 5.21 Å². The molecule has 6 heteroatoms. The second-order valence-electron chi connectivity index (χ2n) is 6.61. The molecule has 0 bridgehead atoms. The Balaban J connectivity index is 1.74. The van der Waals surface area contributed by atoms with Crippen molar-refractivity contribution in [2.45, 2.75) is 38.1 Å². The van der Waals surface area contributed by atoms with Crippen molar-refractivity contribution in [2.75, 3.05) is 16.8 Å². The summed E-state index contributed by atoms with van der Waals surface area (Å²) in [6.45, 7) is 0.574. The summed E-state index contributed by atoms with van der Waals surface area (Å²) in [5.74, 6) is 0.653. The Labute approximate surface area is 146 Å². The number of unbranched alkanes of at least 4 members (excludes halogenated alkanes) is 1. The lowest BCUT2D eigenvalue weighted by Gasteiger charge is -2.25. The van der Waals surface area contributed by atoms with Crippen LogP contribution in [0.3, 0.4) is 0 Å². The zero-order chi connectivity index (χ0) is 17.2. The third-order valence-electron chi connectivity index (χ3n) is 4.78. The lowest BCUT2D eigenvalue weighted by atomic mass is 10.0. The van der Waals surface area contributed by atoms with Crippen LogP contribution in [0.1, 0.15) is 41.6 Å². The highest BCUT2D eigenvalue weighted by Gasteiger charge is 2.37. The molecule has 2 aliphatic rings. The van der Waals surface area contributed by atoms with E-state index in [1.165, 1.54) is 0 Å². The van der Waals surface area contributed by atoms with Crippen LogP contribution in [-0.4, -0.2) is 28.7 Å². The van der Waals surface area contributed by atoms with Gasteiger partial charge in [0.1, 0.15) is 5.82 Å². The molecule has 0 saturated heterocycles. The summed E-state index contributed by atoms with van der Waals surface area (Å²) in [6.07, 6.45) is 6.66. The van der Waals surface area contributed by atoms with Gasteiger partial charge in [-0.15, -0.1) is 0 Å². The number of nitrogens with one attached hydrogen (secondary N) is 2. The van der Waals surface area contributed by atoms with E-state index < -0.39 is 0 Å². The number of aromatic nitrogens is 1. The Morgan fingerprint density at radius 1 is 1.24 bits per heavy atom. The van der Waals surface area contributed by atoms with E-state index in [1.54, 1.807) is 6.20 Å². The molecule has 1 saturated carbocycles. The number of benzene rings is 1. The van der Waals surface area contributed by atoms with Crippen molar-refractivity contribution in [2.24, 2.45) is 0 Å². The van der Waals surface area contributed by atoms with Gasteiger partial charge in [-0.05, 0) is 55.9 Å². The summed E-state index contributed by atoms with van der Waals surface area (Å²) in [5, 5.41) is 11.8. The highest BCUT2D eigenvalue weighted by atomic mass is 16.5. The van der Waals surface area contributed by atoms with Crippen LogP contribution in [0.15, 0.2) is 36.5 Å². The molecule has 4 rings (SSSR count). The molecule has 25 heavy (non-hydrogen) atoms. The average Bonchev–Trinajstić information content (AvgIpc) is 3.46. The first kappa shape index (κ1) is 16.1. The lowest BCUT2D eigenvalue weighted by Crippen LogP contribution is -2.21. The number of hydrogen-bond donors (Lipinski definition) is 3. The molecule has 130 valence electrons. The number of rotatable bonds is 6. The minimum absolute atomic E-state index is 0.100. The molecular formula is C19H22N4O2. The van der Waals surface area contributed by atoms with Gasteiger partial charge in [0.15, 0.2) is 0 Å². The molecule has 2 heterocycles. The monoisotopic (exact) mass is 338 g/mol. The number of pyridine rings is 1. The highest BCUT2D eigenvalue weighted by molar-refractivity contribution is 6.12. The lowest BCUT2D eigenvalue weighted by molar-refractivity contribution is 0.102. The van der Waals surface area contributed by atoms with Crippen molar-refractivity contribution in [1.82, 2.24) is 10.5 Å². The van der Waals surface area contributed by atoms with Crippen LogP contribution in [0.2, 0.25) is 0 Å². The van der Waals surface area contributed by atoms with Gasteiger partial charge in [0, 0.05) is 18.8 Å². The van der Waals surface area contributed by atoms with Gasteiger partial charge in [-0.25, -0.2) is 10.5 Å². The molecule has 0 atom stereocenters. The number of carbonyl (C=O) groups is 1. The second kappa shape index (κ2) is 6.82. The molecule has 2 aromatic rings. The normalized spacial score (nSPS) is 16.0. The number of fused-ring (bicyclic) bond motifs is 2. The van der Waals surface area contributed by atoms with Crippen molar-refractivity contribution in [3.05, 3.63) is 47.7 Å². The van der Waals surface area contributed by atoms with Crippen LogP contribution in [0.5, 0.6) is 0 Å². The van der Waals surface area contributed by atoms with E-state index in [9.17, 15) is 4.79 Å². The predicted molar refractivity (Wildman–Crippen MR) is 96.5 cm³/mol. The third kappa shape index (κ3) is 3.10. The zero-order valence-corrected chi connectivity index (χ0v) is 14.0. The number of amides is 1. The fourth-order valence-electron chi connectivity index (χ4n) is 3.42. The van der Waals surface area contributed by atoms with Gasteiger partial charge in [0.05, 0.1) is 16.9 Å². The van der Waals surface area contributed by atoms with E-state index in [2.05, 4.69) is 32.8 Å². The van der Waals surface area contributed by atoms with Gasteiger partial charge in [-0.1, -0.05) is 12.1 Å². The van der Waals surface area contributed by atoms with Crippen molar-refractivity contribution in [3.63, 3.8) is 0 Å². The maximum absolute atomic E-state index is 12.8. The molecule has 1 fully saturated rings. The Bertz CT molecular complexity index is 789. The quantitative estimate of drug-likeness (QED) is 0.557. The molecule has 1 aromatic heterocycles. The maximum Gasteiger partial charge on any atom is 0.259 e. The fraction of sp³-hybridized carbons (Fsp3) is 0.368. The van der Waals surface area contributed by atoms with Gasteiger partial charge in [-0.3, -0.25) is 4.79 Å². The molecule has 0 radical (unpaired) electrons. The van der Waals surface area contributed by atoms with Gasteiger partial charge >= 0.3 is 0 Å². The van der Waals surface area contributed by atoms with E-state index in [0.29, 0.717) is 18.2 Å². The molecule has 6 nitrogen and oxygen atoms in total. The Morgan fingerprint density at radius 2 is 2.12 bits per heavy atom. The molecule has 3 N–H and O–H groups in total. The summed E-state index contributed by atoms with van der Waals surface area (Å²) in [4.78, 5) is 19.5. The summed E-state index contributed by atoms with van der Waals surface area (Å²) in [7, 11) is 0. The van der Waals surface area contributed by atoms with Crippen LogP contribution >= 0.6 is 0 Å². The SMILES string of the molecule is O=C1Nc2c(CCCCNO)cccc2N(C2CC2)c2ncccc21. The van der Waals surface area contributed by atoms with Crippen LogP contribution in [0.4, 0.5) is 17.2 Å². The number of para-hydroxylation sites is 1. The first-order chi connectivity index (χ1) is 12.3. The number of anilines is 3. The predicted octanol–water partition coefficient (Wildman–Crippen LogP) is 3.25. The first-order valence-corrected chi connectivity index (χ1v) is 8.84. The Kier molecular flexibility index (Phi) is 4.38. The Hall–Kier alpha value is -2.44. The van der Waals surface area contributed by atoms with E-state index in [-0.39, 0.29) is 5.91 Å². The van der Waals surface area contributed by atoms with Crippen molar-refractivity contribution < 1.29 is 10.0 Å². The van der Waals surface area contributed by atoms with Crippen LogP contribution in [0, 0.1) is 0 Å². The highest BCUT2D eigenvalue weighted by Crippen LogP contribution is 2.45. The summed E-state index contributed by atoms with van der Waals surface area (Å²) in [5.41, 5.74) is 5.87. The van der Waals surface area contributed by atoms with Gasteiger partial charge in [0.2, 0.25) is 0 Å². The van der Waals surface area contributed by atoms with E-state index in [0.717, 1.165) is 54.9 Å². The van der Waals surface area contributed by atoms with Crippen LogP contribution < -0.4 is 15.7 Å². The first-order valence-electron chi connectivity index (χ1n) is 8.84. The molecular weight excluding hydrogens is 316 g/mol. The minimum Gasteiger partial charge on any atom is -0.321 e. The van der Waals surface area contributed by atoms with Crippen molar-refractivity contribution in [1.29, 1.82) is 0 Å². The van der Waals surface area contributed by atoms with Gasteiger partial charge in [0.25, 0.3) is 5.91 Å². The molecule has 1 amide bonds. The van der Waals surface area contributed by atoms with Crippen molar-refractivity contribution in [3.8, 4) is 0 Å². The molecule has 1 aromatic carbocycles. The number of carbonyl (C=O) groups excluding carboxylic acids is 1. The van der Waals surface area contributed by atoms with Crippen molar-refractivity contribution >= 4 is 23.1 Å². The maximum atomic E-state index is 12.8. The number of hydroxylamine groups is 1. The third-order valence-corrected chi connectivity index (χ3v) is 4.78. The standard InChI is InChI=1S/C19H22N4O2/c24-19-15-7-4-11-20-18(15)23(14-9-10-14)16-8-3-6-13(17(16)22-19)5-1-2-12-21-25/h3-4,6-8,11,14,21,25H,1-2,5,9-10,12H2,(H,22,24). The molecule has 1 aliphatic heterocycles. The van der Waals surface area contributed by atoms with E-state index in [1.807, 2.05) is 18.2 Å². The Morgan fingerprint density at radius 3 is 2.92 bits per heavy atom. The van der Waals surface area contributed by atoms with Crippen LogP contribution in [-0.2, 0) is 6.42 Å². The van der Waals surface area contributed by atoms with Gasteiger partial charge < -0.3 is 15.4 Å². The summed E-state index contributed by atoms with van der Waals surface area (Å²) >= 11 is 0. The van der Waals surface area contributed by atoms with E-state index >= 15 is 0 Å². The van der Waals surface area contributed by atoms with Crippen LogP contribution in [0.25, 0.3) is 0 Å². The summed E-state index contributed by atoms with van der Waals surface area (Å²) < 4.78 is 0. The minimum atomic E-state index is -0.100. The molecule has 0 unspecified atom stereocenters. The largest absolute Gasteiger partial charge is 0.321 e. The van der Waals surface area contributed by atoms with Gasteiger partial charge in [-0.2, -0.15) is 0 Å². The fourth-order valence-corrected chi connectivity index (χ4v) is 3.42. The topological polar surface area (TPSA) is 77.5 Å². The molecule has 0 spiro atoms. The number of hydrogen-bond acceptors (Lipinski definition) is 5. The number of nitrogens with zero attached hydrogens (tertiary/aromatic N) is 2.